The van der Waals surface area contributed by atoms with Gasteiger partial charge in [0, 0.05) is 36.9 Å². The number of carbonyl (C=O) groups excluding carboxylic acids is 1. The summed E-state index contributed by atoms with van der Waals surface area (Å²) < 4.78 is 23.3. The third-order valence-corrected chi connectivity index (χ3v) is 5.95. The van der Waals surface area contributed by atoms with Crippen LogP contribution in [0.4, 0.5) is 11.4 Å². The number of benzene rings is 2. The molecule has 27 heavy (non-hydrogen) atoms. The van der Waals surface area contributed by atoms with Crippen LogP contribution in [-0.4, -0.2) is 38.5 Å². The highest BCUT2D eigenvalue weighted by Crippen LogP contribution is 2.34. The Morgan fingerprint density at radius 3 is 2.30 bits per heavy atom. The van der Waals surface area contributed by atoms with Gasteiger partial charge in [-0.2, -0.15) is 0 Å². The number of anilines is 1. The molecule has 1 fully saturated rings. The number of Topliss-reactive ketones (excluding diaryl/α,β-unsaturated/α-hetero) is 1. The molecule has 142 valence electrons. The second-order valence-corrected chi connectivity index (χ2v) is 8.69. The van der Waals surface area contributed by atoms with E-state index in [1.807, 2.05) is 23.1 Å². The molecule has 0 spiro atoms. The van der Waals surface area contributed by atoms with Crippen LogP contribution in [0.25, 0.3) is 0 Å². The quantitative estimate of drug-likeness (QED) is 0.443. The lowest BCUT2D eigenvalue weighted by Gasteiger charge is -2.32. The lowest BCUT2D eigenvalue weighted by Crippen LogP contribution is -2.36. The van der Waals surface area contributed by atoms with Crippen molar-refractivity contribution in [1.29, 1.82) is 0 Å². The fourth-order valence-corrected chi connectivity index (χ4v) is 4.01. The highest BCUT2D eigenvalue weighted by Gasteiger charge is 2.29. The minimum atomic E-state index is -3.52. The molecule has 0 aliphatic carbocycles. The smallest absolute Gasteiger partial charge is 0.293 e. The minimum Gasteiger partial charge on any atom is -0.366 e. The van der Waals surface area contributed by atoms with Gasteiger partial charge in [0.05, 0.1) is 9.82 Å². The number of nitro groups is 1. The number of rotatable bonds is 5. The van der Waals surface area contributed by atoms with Crippen LogP contribution >= 0.6 is 0 Å². The summed E-state index contributed by atoms with van der Waals surface area (Å²) in [6.45, 7) is 1.00. The molecule has 0 saturated carbocycles. The van der Waals surface area contributed by atoms with Gasteiger partial charge < -0.3 is 4.90 Å². The third kappa shape index (κ3) is 4.16. The topological polar surface area (TPSA) is 97.6 Å². The third-order valence-electron chi connectivity index (χ3n) is 4.84. The molecule has 0 bridgehead atoms. The molecule has 2 aromatic carbocycles. The maximum absolute atomic E-state index is 12.6. The molecule has 0 amide bonds. The number of nitrogens with zero attached hydrogens (tertiary/aromatic N) is 2. The van der Waals surface area contributed by atoms with E-state index in [4.69, 9.17) is 0 Å². The SMILES string of the molecule is CS(=O)(=O)c1ccc(N2CCC(C(=O)c3ccccc3)CC2)c([N+](=O)[O-])c1. The Balaban J connectivity index is 1.78. The van der Waals surface area contributed by atoms with Crippen molar-refractivity contribution in [3.05, 3.63) is 64.2 Å². The molecular formula is C19H20N2O5S. The van der Waals surface area contributed by atoms with Crippen LogP contribution in [0.15, 0.2) is 53.4 Å². The molecule has 1 saturated heterocycles. The van der Waals surface area contributed by atoms with Crippen molar-refractivity contribution >= 4 is 27.0 Å². The van der Waals surface area contributed by atoms with Gasteiger partial charge in [0.1, 0.15) is 5.69 Å². The Bertz CT molecular complexity index is 965. The zero-order chi connectivity index (χ0) is 19.6. The predicted molar refractivity (Wildman–Crippen MR) is 102 cm³/mol. The van der Waals surface area contributed by atoms with Crippen LogP contribution < -0.4 is 4.90 Å². The van der Waals surface area contributed by atoms with Crippen molar-refractivity contribution in [2.24, 2.45) is 5.92 Å². The van der Waals surface area contributed by atoms with Crippen LogP contribution in [0, 0.1) is 16.0 Å². The Hall–Kier alpha value is -2.74. The number of hydrogen-bond donors (Lipinski definition) is 0. The van der Waals surface area contributed by atoms with Gasteiger partial charge in [-0.05, 0) is 25.0 Å². The van der Waals surface area contributed by atoms with Crippen molar-refractivity contribution in [3.8, 4) is 0 Å². The normalized spacial score (nSPS) is 15.5. The molecule has 0 atom stereocenters. The molecular weight excluding hydrogens is 368 g/mol. The zero-order valence-corrected chi connectivity index (χ0v) is 15.7. The van der Waals surface area contributed by atoms with Crippen LogP contribution in [-0.2, 0) is 9.84 Å². The summed E-state index contributed by atoms with van der Waals surface area (Å²) in [6, 6.07) is 13.1. The van der Waals surface area contributed by atoms with Crippen molar-refractivity contribution in [1.82, 2.24) is 0 Å². The second kappa shape index (κ2) is 7.48. The van der Waals surface area contributed by atoms with E-state index in [1.165, 1.54) is 12.1 Å². The molecule has 3 rings (SSSR count). The first kappa shape index (κ1) is 19.0. The lowest BCUT2D eigenvalue weighted by atomic mass is 9.88. The van der Waals surface area contributed by atoms with Gasteiger partial charge in [-0.15, -0.1) is 0 Å². The van der Waals surface area contributed by atoms with E-state index in [9.17, 15) is 23.3 Å². The average Bonchev–Trinajstić information content (AvgIpc) is 2.67. The molecule has 8 heteroatoms. The molecule has 7 nitrogen and oxygen atoms in total. The number of nitro benzene ring substituents is 1. The van der Waals surface area contributed by atoms with Gasteiger partial charge in [-0.1, -0.05) is 30.3 Å². The summed E-state index contributed by atoms with van der Waals surface area (Å²) in [5.41, 5.74) is 0.836. The largest absolute Gasteiger partial charge is 0.366 e. The molecule has 1 aliphatic rings. The summed E-state index contributed by atoms with van der Waals surface area (Å²) in [5.74, 6) is -0.0184. The lowest BCUT2D eigenvalue weighted by molar-refractivity contribution is -0.384. The van der Waals surface area contributed by atoms with E-state index in [2.05, 4.69) is 0 Å². The molecule has 0 N–H and O–H groups in total. The fraction of sp³-hybridized carbons (Fsp3) is 0.316. The van der Waals surface area contributed by atoms with Crippen LogP contribution in [0.3, 0.4) is 0 Å². The molecule has 0 radical (unpaired) electrons. The first-order valence-electron chi connectivity index (χ1n) is 8.60. The maximum Gasteiger partial charge on any atom is 0.293 e. The summed E-state index contributed by atoms with van der Waals surface area (Å²) in [5, 5.41) is 11.4. The Morgan fingerprint density at radius 2 is 1.74 bits per heavy atom. The van der Waals surface area contributed by atoms with Gasteiger partial charge in [0.15, 0.2) is 15.6 Å². The maximum atomic E-state index is 12.6. The van der Waals surface area contributed by atoms with Crippen molar-refractivity contribution < 1.29 is 18.1 Å². The summed E-state index contributed by atoms with van der Waals surface area (Å²) in [4.78, 5) is 25.2. The number of sulfone groups is 1. The van der Waals surface area contributed by atoms with Gasteiger partial charge in [0.25, 0.3) is 5.69 Å². The minimum absolute atomic E-state index is 0.0768. The van der Waals surface area contributed by atoms with E-state index < -0.39 is 14.8 Å². The highest BCUT2D eigenvalue weighted by molar-refractivity contribution is 7.90. The summed E-state index contributed by atoms with van der Waals surface area (Å²) >= 11 is 0. The van der Waals surface area contributed by atoms with Crippen LogP contribution in [0.2, 0.25) is 0 Å². The van der Waals surface area contributed by atoms with Crippen molar-refractivity contribution in [2.45, 2.75) is 17.7 Å². The first-order chi connectivity index (χ1) is 12.8. The second-order valence-electron chi connectivity index (χ2n) is 6.67. The van der Waals surface area contributed by atoms with E-state index in [0.717, 1.165) is 12.3 Å². The van der Waals surface area contributed by atoms with E-state index in [1.54, 1.807) is 12.1 Å². The molecule has 2 aromatic rings. The first-order valence-corrected chi connectivity index (χ1v) is 10.5. The Kier molecular flexibility index (Phi) is 5.27. The molecule has 1 heterocycles. The molecule has 0 unspecified atom stereocenters. The van der Waals surface area contributed by atoms with Gasteiger partial charge in [0.2, 0.25) is 0 Å². The summed E-state index contributed by atoms with van der Waals surface area (Å²) in [7, 11) is -3.52. The van der Waals surface area contributed by atoms with Crippen LogP contribution in [0.1, 0.15) is 23.2 Å². The molecule has 1 aliphatic heterocycles. The number of piperidine rings is 1. The van der Waals surface area contributed by atoms with Gasteiger partial charge >= 0.3 is 0 Å². The average molecular weight is 388 g/mol. The van der Waals surface area contributed by atoms with Gasteiger partial charge in [-0.25, -0.2) is 8.42 Å². The monoisotopic (exact) mass is 388 g/mol. The van der Waals surface area contributed by atoms with Gasteiger partial charge in [-0.3, -0.25) is 14.9 Å². The van der Waals surface area contributed by atoms with Crippen LogP contribution in [0.5, 0.6) is 0 Å². The summed E-state index contributed by atoms with van der Waals surface area (Å²) in [6.07, 6.45) is 2.21. The number of carbonyl (C=O) groups is 1. The highest BCUT2D eigenvalue weighted by atomic mass is 32.2. The fourth-order valence-electron chi connectivity index (χ4n) is 3.37. The number of hydrogen-bond acceptors (Lipinski definition) is 6. The Labute approximate surface area is 157 Å². The van der Waals surface area contributed by atoms with E-state index in [0.29, 0.717) is 37.2 Å². The predicted octanol–water partition coefficient (Wildman–Crippen LogP) is 3.10. The standard InChI is InChI=1S/C19H20N2O5S/c1-27(25,26)16-7-8-17(18(13-16)21(23)24)20-11-9-15(10-12-20)19(22)14-5-3-2-4-6-14/h2-8,13,15H,9-12H2,1H3. The Morgan fingerprint density at radius 1 is 1.11 bits per heavy atom. The van der Waals surface area contributed by atoms with Crippen molar-refractivity contribution in [2.75, 3.05) is 24.2 Å². The van der Waals surface area contributed by atoms with Crippen molar-refractivity contribution in [3.63, 3.8) is 0 Å². The number of ketones is 1. The van der Waals surface area contributed by atoms with E-state index in [-0.39, 0.29) is 22.3 Å². The molecule has 0 aromatic heterocycles. The van der Waals surface area contributed by atoms with E-state index >= 15 is 0 Å². The zero-order valence-electron chi connectivity index (χ0n) is 14.9.